The molecule has 130 valence electrons. The second-order valence-corrected chi connectivity index (χ2v) is 6.88. The predicted molar refractivity (Wildman–Crippen MR) is 104 cm³/mol. The smallest absolute Gasteiger partial charge is 0.206 e. The predicted octanol–water partition coefficient (Wildman–Crippen LogP) is 5.55. The number of pyridine rings is 1. The van der Waals surface area contributed by atoms with Gasteiger partial charge in [0.15, 0.2) is 0 Å². The van der Waals surface area contributed by atoms with Crippen molar-refractivity contribution in [2.24, 2.45) is 0 Å². The summed E-state index contributed by atoms with van der Waals surface area (Å²) in [6.45, 7) is 4.07. The quantitative estimate of drug-likeness (QED) is 0.336. The number of allylic oxidation sites excluding steroid dienone is 1. The molecule has 0 saturated heterocycles. The molecule has 0 aliphatic rings. The van der Waals surface area contributed by atoms with Gasteiger partial charge in [-0.1, -0.05) is 49.2 Å². The molecular formula is C20H15Cl2N3O. The molecule has 0 bridgehead atoms. The maximum absolute atomic E-state index is 12.8. The first-order valence-corrected chi connectivity index (χ1v) is 8.77. The first-order chi connectivity index (χ1) is 12.4. The first kappa shape index (κ1) is 18.2. The molecule has 0 spiro atoms. The van der Waals surface area contributed by atoms with Gasteiger partial charge in [0, 0.05) is 12.1 Å². The molecule has 2 aromatic heterocycles. The largest absolute Gasteiger partial charge is 0.303 e. The molecule has 0 atom stereocenters. The van der Waals surface area contributed by atoms with Crippen LogP contribution in [0.1, 0.15) is 41.6 Å². The highest BCUT2D eigenvalue weighted by atomic mass is 35.5. The van der Waals surface area contributed by atoms with E-state index in [2.05, 4.69) is 4.98 Å². The average Bonchev–Trinajstić information content (AvgIpc) is 2.98. The van der Waals surface area contributed by atoms with Crippen molar-refractivity contribution in [2.45, 2.75) is 19.8 Å². The summed E-state index contributed by atoms with van der Waals surface area (Å²) in [5.74, 6) is 0.518. The number of halogens is 2. The van der Waals surface area contributed by atoms with Gasteiger partial charge in [-0.05, 0) is 30.3 Å². The number of carbonyl (C=O) groups excluding carboxylic acids is 1. The van der Waals surface area contributed by atoms with Crippen molar-refractivity contribution in [3.8, 4) is 6.07 Å². The zero-order valence-corrected chi connectivity index (χ0v) is 15.7. The third-order valence-electron chi connectivity index (χ3n) is 3.96. The van der Waals surface area contributed by atoms with Crippen molar-refractivity contribution >= 4 is 40.6 Å². The molecular weight excluding hydrogens is 369 g/mol. The Labute approximate surface area is 161 Å². The van der Waals surface area contributed by atoms with Crippen molar-refractivity contribution in [3.63, 3.8) is 0 Å². The number of carbonyl (C=O) groups is 1. The summed E-state index contributed by atoms with van der Waals surface area (Å²) in [5.41, 5.74) is 1.43. The Balaban J connectivity index is 2.15. The van der Waals surface area contributed by atoms with E-state index in [-0.39, 0.29) is 27.1 Å². The molecule has 0 fully saturated rings. The molecule has 6 heteroatoms. The van der Waals surface area contributed by atoms with Gasteiger partial charge in [0.05, 0.1) is 26.8 Å². The maximum Gasteiger partial charge on any atom is 0.206 e. The van der Waals surface area contributed by atoms with Crippen molar-refractivity contribution in [1.29, 1.82) is 5.26 Å². The van der Waals surface area contributed by atoms with E-state index in [1.807, 2.05) is 48.7 Å². The number of hydrogen-bond acceptors (Lipinski definition) is 3. The zero-order valence-electron chi connectivity index (χ0n) is 14.2. The van der Waals surface area contributed by atoms with Crippen LogP contribution in [0.2, 0.25) is 10.0 Å². The minimum absolute atomic E-state index is 0.0702. The van der Waals surface area contributed by atoms with Crippen LogP contribution in [0.15, 0.2) is 48.2 Å². The standard InChI is InChI=1S/C20H15Cl2N3O/c1-12(2)20-24-16(17-8-3-4-9-25(17)20)10-13(11-23)19(26)18-14(21)6-5-7-15(18)22/h3-10,12H,1-2H3. The topological polar surface area (TPSA) is 58.2 Å². The Morgan fingerprint density at radius 2 is 1.88 bits per heavy atom. The SMILES string of the molecule is CC(C)c1nc(C=C(C#N)C(=O)c2c(Cl)cccc2Cl)c2ccccn12. The van der Waals surface area contributed by atoms with E-state index in [0.717, 1.165) is 11.3 Å². The number of fused-ring (bicyclic) bond motifs is 1. The van der Waals surface area contributed by atoms with E-state index >= 15 is 0 Å². The van der Waals surface area contributed by atoms with Crippen LogP contribution in [-0.4, -0.2) is 15.2 Å². The van der Waals surface area contributed by atoms with Gasteiger partial charge in [0.2, 0.25) is 5.78 Å². The van der Waals surface area contributed by atoms with Crippen LogP contribution in [0.25, 0.3) is 11.6 Å². The van der Waals surface area contributed by atoms with Crippen LogP contribution >= 0.6 is 23.2 Å². The van der Waals surface area contributed by atoms with E-state index < -0.39 is 5.78 Å². The maximum atomic E-state index is 12.8. The van der Waals surface area contributed by atoms with Gasteiger partial charge in [-0.3, -0.25) is 4.79 Å². The molecule has 4 nitrogen and oxygen atoms in total. The Morgan fingerprint density at radius 3 is 2.50 bits per heavy atom. The molecule has 0 aliphatic carbocycles. The minimum Gasteiger partial charge on any atom is -0.303 e. The van der Waals surface area contributed by atoms with Gasteiger partial charge < -0.3 is 4.40 Å². The lowest BCUT2D eigenvalue weighted by atomic mass is 10.0. The lowest BCUT2D eigenvalue weighted by Crippen LogP contribution is -2.04. The van der Waals surface area contributed by atoms with Gasteiger partial charge >= 0.3 is 0 Å². The van der Waals surface area contributed by atoms with E-state index in [1.165, 1.54) is 6.08 Å². The fraction of sp³-hybridized carbons (Fsp3) is 0.150. The summed E-state index contributed by atoms with van der Waals surface area (Å²) in [4.78, 5) is 17.4. The molecule has 0 radical (unpaired) electrons. The number of rotatable bonds is 4. The molecule has 1 aromatic carbocycles. The third-order valence-corrected chi connectivity index (χ3v) is 4.59. The summed E-state index contributed by atoms with van der Waals surface area (Å²) >= 11 is 12.2. The Morgan fingerprint density at radius 1 is 1.19 bits per heavy atom. The van der Waals surface area contributed by atoms with Crippen LogP contribution < -0.4 is 0 Å². The van der Waals surface area contributed by atoms with Crippen molar-refractivity contribution in [3.05, 3.63) is 75.3 Å². The molecule has 2 heterocycles. The van der Waals surface area contributed by atoms with Crippen LogP contribution in [0.4, 0.5) is 0 Å². The van der Waals surface area contributed by atoms with Crippen LogP contribution in [0.3, 0.4) is 0 Å². The summed E-state index contributed by atoms with van der Waals surface area (Å²) in [6, 6.07) is 12.4. The molecule has 0 N–H and O–H groups in total. The monoisotopic (exact) mass is 383 g/mol. The molecule has 3 rings (SSSR count). The highest BCUT2D eigenvalue weighted by Crippen LogP contribution is 2.28. The molecule has 3 aromatic rings. The molecule has 0 amide bonds. The Bertz CT molecular complexity index is 1050. The fourth-order valence-corrected chi connectivity index (χ4v) is 3.30. The molecule has 26 heavy (non-hydrogen) atoms. The second kappa shape index (κ2) is 7.33. The summed E-state index contributed by atoms with van der Waals surface area (Å²) in [6.07, 6.45) is 3.40. The summed E-state index contributed by atoms with van der Waals surface area (Å²) in [7, 11) is 0. The van der Waals surface area contributed by atoms with E-state index in [9.17, 15) is 10.1 Å². The van der Waals surface area contributed by atoms with Crippen LogP contribution in [0.5, 0.6) is 0 Å². The van der Waals surface area contributed by atoms with Crippen LogP contribution in [-0.2, 0) is 0 Å². The van der Waals surface area contributed by atoms with Gasteiger partial charge in [0.1, 0.15) is 17.5 Å². The Hall–Kier alpha value is -2.61. The normalized spacial score (nSPS) is 11.8. The third kappa shape index (κ3) is 3.24. The minimum atomic E-state index is -0.522. The zero-order chi connectivity index (χ0) is 18.8. The number of imidazole rings is 1. The molecule has 0 saturated carbocycles. The van der Waals surface area contributed by atoms with Gasteiger partial charge in [0.25, 0.3) is 0 Å². The number of ketones is 1. The number of aromatic nitrogens is 2. The van der Waals surface area contributed by atoms with Crippen molar-refractivity contribution in [1.82, 2.24) is 9.38 Å². The molecule has 0 aliphatic heterocycles. The highest BCUT2D eigenvalue weighted by Gasteiger charge is 2.20. The van der Waals surface area contributed by atoms with E-state index in [0.29, 0.717) is 5.69 Å². The van der Waals surface area contributed by atoms with Crippen molar-refractivity contribution < 1.29 is 4.79 Å². The highest BCUT2D eigenvalue weighted by molar-refractivity contribution is 6.41. The number of Topliss-reactive ketones (excluding diaryl/α,β-unsaturated/α-hetero) is 1. The van der Waals surface area contributed by atoms with E-state index in [1.54, 1.807) is 18.2 Å². The van der Waals surface area contributed by atoms with Gasteiger partial charge in [-0.25, -0.2) is 4.98 Å². The number of nitriles is 1. The summed E-state index contributed by atoms with van der Waals surface area (Å²) < 4.78 is 1.96. The number of benzene rings is 1. The van der Waals surface area contributed by atoms with Gasteiger partial charge in [-0.15, -0.1) is 0 Å². The van der Waals surface area contributed by atoms with E-state index in [4.69, 9.17) is 23.2 Å². The van der Waals surface area contributed by atoms with Gasteiger partial charge in [-0.2, -0.15) is 5.26 Å². The van der Waals surface area contributed by atoms with Crippen LogP contribution in [0, 0.1) is 11.3 Å². The van der Waals surface area contributed by atoms with Crippen molar-refractivity contribution in [2.75, 3.05) is 0 Å². The molecule has 0 unspecified atom stereocenters. The second-order valence-electron chi connectivity index (χ2n) is 6.06. The number of hydrogen-bond donors (Lipinski definition) is 0. The number of nitrogens with zero attached hydrogens (tertiary/aromatic N) is 3. The first-order valence-electron chi connectivity index (χ1n) is 8.01. The Kier molecular flexibility index (Phi) is 5.13. The summed E-state index contributed by atoms with van der Waals surface area (Å²) in [5, 5.41) is 9.95. The lowest BCUT2D eigenvalue weighted by Gasteiger charge is -2.04. The fourth-order valence-electron chi connectivity index (χ4n) is 2.73. The average molecular weight is 384 g/mol. The lowest BCUT2D eigenvalue weighted by molar-refractivity contribution is 0.104.